The molecule has 0 aromatic heterocycles. The lowest BCUT2D eigenvalue weighted by Gasteiger charge is -2.41. The molecular weight excluding hydrogens is 662 g/mol. The van der Waals surface area contributed by atoms with Gasteiger partial charge in [-0.25, -0.2) is 0 Å². The molecule has 0 spiro atoms. The first kappa shape index (κ1) is 39.1. The summed E-state index contributed by atoms with van der Waals surface area (Å²) in [6.07, 6.45) is 1.79. The number of amides is 4. The van der Waals surface area contributed by atoms with E-state index in [2.05, 4.69) is 16.0 Å². The van der Waals surface area contributed by atoms with Gasteiger partial charge in [-0.15, -0.1) is 0 Å². The minimum absolute atomic E-state index is 0.119. The number of aryl methyl sites for hydroxylation is 1. The van der Waals surface area contributed by atoms with Crippen LogP contribution in [-0.4, -0.2) is 114 Å². The Bertz CT molecular complexity index is 1560. The first-order valence-electron chi connectivity index (χ1n) is 18.6. The number of morpholine rings is 1. The molecule has 12 nitrogen and oxygen atoms in total. The van der Waals surface area contributed by atoms with Crippen molar-refractivity contribution >= 4 is 29.4 Å². The molecule has 2 aromatic carbocycles. The van der Waals surface area contributed by atoms with E-state index in [-0.39, 0.29) is 42.9 Å². The number of carbonyl (C=O) groups excluding carboxylic acids is 5. The molecule has 3 fully saturated rings. The van der Waals surface area contributed by atoms with Crippen molar-refractivity contribution in [2.45, 2.75) is 102 Å². The van der Waals surface area contributed by atoms with Crippen LogP contribution in [0.1, 0.15) is 65.0 Å². The Balaban J connectivity index is 1.34. The van der Waals surface area contributed by atoms with Crippen molar-refractivity contribution in [2.24, 2.45) is 5.92 Å². The number of rotatable bonds is 17. The monoisotopic (exact) mass is 717 g/mol. The van der Waals surface area contributed by atoms with Crippen molar-refractivity contribution in [1.29, 1.82) is 0 Å². The van der Waals surface area contributed by atoms with E-state index < -0.39 is 47.1 Å². The summed E-state index contributed by atoms with van der Waals surface area (Å²) in [6.45, 7) is 12.1. The lowest BCUT2D eigenvalue weighted by molar-refractivity contribution is -0.148. The van der Waals surface area contributed by atoms with Gasteiger partial charge in [-0.2, -0.15) is 0 Å². The first-order chi connectivity index (χ1) is 24.8. The van der Waals surface area contributed by atoms with Crippen molar-refractivity contribution < 1.29 is 33.4 Å². The molecule has 3 N–H and O–H groups in total. The fourth-order valence-electron chi connectivity index (χ4n) is 7.39. The summed E-state index contributed by atoms with van der Waals surface area (Å²) < 4.78 is 10.9. The molecule has 52 heavy (non-hydrogen) atoms. The topological polar surface area (TPSA) is 150 Å². The molecular formula is C40H55N5O7. The van der Waals surface area contributed by atoms with Crippen LogP contribution in [0.5, 0.6) is 0 Å². The number of carbonyl (C=O) groups is 5. The molecule has 0 bridgehead atoms. The van der Waals surface area contributed by atoms with E-state index in [1.807, 2.05) is 86.3 Å². The molecule has 3 aliphatic rings. The molecule has 0 aliphatic carbocycles. The Labute approximate surface area is 307 Å². The summed E-state index contributed by atoms with van der Waals surface area (Å²) in [5.74, 6) is -1.62. The summed E-state index contributed by atoms with van der Waals surface area (Å²) in [4.78, 5) is 73.0. The van der Waals surface area contributed by atoms with Gasteiger partial charge in [0.1, 0.15) is 23.2 Å². The number of hydrogen-bond acceptors (Lipinski definition) is 8. The number of nitrogens with one attached hydrogen (secondary N) is 3. The second kappa shape index (κ2) is 17.1. The molecule has 5 rings (SSSR count). The second-order valence-corrected chi connectivity index (χ2v) is 15.4. The number of epoxide rings is 1. The maximum atomic E-state index is 14.5. The maximum absolute atomic E-state index is 14.5. The van der Waals surface area contributed by atoms with Crippen molar-refractivity contribution in [2.75, 3.05) is 39.5 Å². The van der Waals surface area contributed by atoms with Gasteiger partial charge in [0.2, 0.25) is 23.6 Å². The molecule has 3 aliphatic heterocycles. The molecule has 2 aromatic rings. The van der Waals surface area contributed by atoms with E-state index in [1.165, 1.54) is 0 Å². The van der Waals surface area contributed by atoms with Crippen LogP contribution >= 0.6 is 0 Å². The number of ether oxygens (including phenoxy) is 2. The highest BCUT2D eigenvalue weighted by Gasteiger charge is 2.54. The first-order valence-corrected chi connectivity index (χ1v) is 18.6. The Kier molecular flexibility index (Phi) is 12.9. The van der Waals surface area contributed by atoms with E-state index in [0.29, 0.717) is 52.2 Å². The largest absolute Gasteiger partial charge is 0.379 e. The van der Waals surface area contributed by atoms with Gasteiger partial charge in [0.25, 0.3) is 0 Å². The van der Waals surface area contributed by atoms with E-state index in [1.54, 1.807) is 18.7 Å². The molecule has 0 saturated carbocycles. The van der Waals surface area contributed by atoms with E-state index >= 15 is 0 Å². The number of likely N-dealkylation sites (tertiary alicyclic amines) is 1. The maximum Gasteiger partial charge on any atom is 0.246 e. The number of nitrogens with zero attached hydrogens (tertiary/aromatic N) is 2. The Hall–Kier alpha value is -4.13. The smallest absolute Gasteiger partial charge is 0.246 e. The standard InChI is InChI=1S/C40H55N5O7/c1-27(2)22-32(35(47)40(5)26-52-40)43-38(50)39(4,24-30-14-10-7-11-15-30)45-28(3)23-33(37(45)49)42-36(48)31(17-16-29-12-8-6-9-13-29)41-34(46)25-44-18-20-51-21-19-44/h6-15,27-28,31-33H,16-26H2,1-5H3,(H,41,46)(H,42,48)(H,43,50)/t28?,31-,32+,33-,39+,40-/m0/s1. The van der Waals surface area contributed by atoms with Gasteiger partial charge in [-0.3, -0.25) is 28.9 Å². The van der Waals surface area contributed by atoms with E-state index in [9.17, 15) is 24.0 Å². The SMILES string of the molecule is CC(C)C[C@@H](NC(=O)[C@@](C)(Cc1ccccc1)N1C(=O)[C@@H](NC(=O)[C@H](CCc2ccccc2)NC(=O)CN2CCOCC2)CC1C)C(=O)[C@]1(C)CO1. The fraction of sp³-hybridized carbons (Fsp3) is 0.575. The number of ketones is 1. The highest BCUT2D eigenvalue weighted by molar-refractivity contribution is 6.00. The second-order valence-electron chi connectivity index (χ2n) is 15.4. The quantitative estimate of drug-likeness (QED) is 0.212. The minimum atomic E-state index is -1.39. The van der Waals surface area contributed by atoms with Gasteiger partial charge in [0.15, 0.2) is 5.78 Å². The van der Waals surface area contributed by atoms with Crippen molar-refractivity contribution in [1.82, 2.24) is 25.8 Å². The average Bonchev–Trinajstić information content (AvgIpc) is 3.81. The highest BCUT2D eigenvalue weighted by atomic mass is 16.6. The van der Waals surface area contributed by atoms with Gasteiger partial charge in [0.05, 0.1) is 32.4 Å². The summed E-state index contributed by atoms with van der Waals surface area (Å²) in [5.41, 5.74) is -0.444. The molecule has 1 unspecified atom stereocenters. The predicted molar refractivity (Wildman–Crippen MR) is 196 cm³/mol. The Morgan fingerprint density at radius 3 is 2.15 bits per heavy atom. The van der Waals surface area contributed by atoms with Crippen LogP contribution < -0.4 is 16.0 Å². The van der Waals surface area contributed by atoms with Gasteiger partial charge in [-0.05, 0) is 63.5 Å². The molecule has 4 amide bonds. The zero-order valence-corrected chi connectivity index (χ0v) is 31.2. The van der Waals surface area contributed by atoms with E-state index in [4.69, 9.17) is 9.47 Å². The highest BCUT2D eigenvalue weighted by Crippen LogP contribution is 2.34. The Morgan fingerprint density at radius 1 is 0.942 bits per heavy atom. The van der Waals surface area contributed by atoms with Crippen LogP contribution in [0.25, 0.3) is 0 Å². The van der Waals surface area contributed by atoms with Gasteiger partial charge < -0.3 is 30.3 Å². The van der Waals surface area contributed by atoms with Gasteiger partial charge in [-0.1, -0.05) is 74.5 Å². The lowest BCUT2D eigenvalue weighted by Crippen LogP contribution is -2.64. The number of hydrogen-bond donors (Lipinski definition) is 3. The Morgan fingerprint density at radius 2 is 1.56 bits per heavy atom. The van der Waals surface area contributed by atoms with Crippen LogP contribution in [-0.2, 0) is 46.3 Å². The molecule has 12 heteroatoms. The summed E-state index contributed by atoms with van der Waals surface area (Å²) in [7, 11) is 0. The minimum Gasteiger partial charge on any atom is -0.379 e. The zero-order chi connectivity index (χ0) is 37.5. The molecule has 0 radical (unpaired) electrons. The lowest BCUT2D eigenvalue weighted by atomic mass is 9.87. The fourth-order valence-corrected chi connectivity index (χ4v) is 7.39. The van der Waals surface area contributed by atoms with Crippen LogP contribution in [0, 0.1) is 5.92 Å². The summed E-state index contributed by atoms with van der Waals surface area (Å²) in [6, 6.07) is 16.2. The zero-order valence-electron chi connectivity index (χ0n) is 31.2. The third-order valence-electron chi connectivity index (χ3n) is 10.4. The molecule has 282 valence electrons. The van der Waals surface area contributed by atoms with Crippen LogP contribution in [0.15, 0.2) is 60.7 Å². The van der Waals surface area contributed by atoms with Crippen molar-refractivity contribution in [3.63, 3.8) is 0 Å². The van der Waals surface area contributed by atoms with Crippen molar-refractivity contribution in [3.05, 3.63) is 71.8 Å². The third kappa shape index (κ3) is 9.84. The van der Waals surface area contributed by atoms with Gasteiger partial charge >= 0.3 is 0 Å². The average molecular weight is 718 g/mol. The normalized spacial score (nSPS) is 24.1. The van der Waals surface area contributed by atoms with Crippen LogP contribution in [0.4, 0.5) is 0 Å². The van der Waals surface area contributed by atoms with Crippen LogP contribution in [0.2, 0.25) is 0 Å². The molecule has 6 atom stereocenters. The third-order valence-corrected chi connectivity index (χ3v) is 10.4. The number of Topliss-reactive ketones (excluding diaryl/α,β-unsaturated/α-hetero) is 1. The summed E-state index contributed by atoms with van der Waals surface area (Å²) >= 11 is 0. The van der Waals surface area contributed by atoms with Gasteiger partial charge in [0, 0.05) is 25.6 Å². The summed E-state index contributed by atoms with van der Waals surface area (Å²) in [5, 5.41) is 8.89. The predicted octanol–water partition coefficient (Wildman–Crippen LogP) is 2.43. The van der Waals surface area contributed by atoms with Crippen LogP contribution in [0.3, 0.4) is 0 Å². The number of benzene rings is 2. The molecule has 3 saturated heterocycles. The molecule has 3 heterocycles. The van der Waals surface area contributed by atoms with E-state index in [0.717, 1.165) is 11.1 Å². The van der Waals surface area contributed by atoms with Crippen molar-refractivity contribution in [3.8, 4) is 0 Å².